The Bertz CT molecular complexity index is 364. The zero-order valence-corrected chi connectivity index (χ0v) is 7.74. The van der Waals surface area contributed by atoms with Crippen LogP contribution in [0.15, 0.2) is 18.3 Å². The number of halogens is 1. The number of carboxylic acids is 1. The van der Waals surface area contributed by atoms with Crippen LogP contribution in [0.3, 0.4) is 0 Å². The summed E-state index contributed by atoms with van der Waals surface area (Å²) in [4.78, 5) is 24.6. The van der Waals surface area contributed by atoms with Crippen LogP contribution >= 0.6 is 0 Å². The highest BCUT2D eigenvalue weighted by Crippen LogP contribution is 2.06. The number of nitrogens with one attached hydrogen (secondary N) is 1. The van der Waals surface area contributed by atoms with Crippen molar-refractivity contribution >= 4 is 17.6 Å². The van der Waals surface area contributed by atoms with Crippen molar-refractivity contribution in [3.63, 3.8) is 0 Å². The van der Waals surface area contributed by atoms with Crippen molar-refractivity contribution < 1.29 is 19.1 Å². The molecule has 0 atom stereocenters. The predicted octanol–water partition coefficient (Wildman–Crippen LogP) is 1.02. The molecule has 1 aromatic rings. The molecule has 1 amide bonds. The molecule has 0 radical (unpaired) electrons. The van der Waals surface area contributed by atoms with Gasteiger partial charge in [-0.05, 0) is 12.1 Å². The Hall–Kier alpha value is -1.98. The molecular weight excluding hydrogens is 203 g/mol. The Morgan fingerprint density at radius 2 is 2.13 bits per heavy atom. The fourth-order valence-corrected chi connectivity index (χ4v) is 0.894. The van der Waals surface area contributed by atoms with E-state index in [0.29, 0.717) is 5.69 Å². The molecule has 0 unspecified atom stereocenters. The van der Waals surface area contributed by atoms with Gasteiger partial charge in [-0.1, -0.05) is 0 Å². The van der Waals surface area contributed by atoms with Gasteiger partial charge >= 0.3 is 5.97 Å². The first-order valence-electron chi connectivity index (χ1n) is 4.21. The molecular formula is C9H9FN2O3. The molecule has 80 valence electrons. The SMILES string of the molecule is O=C(O)CCC(=O)Nc1ccc(F)nc1. The minimum Gasteiger partial charge on any atom is -0.481 e. The second kappa shape index (κ2) is 5.04. The van der Waals surface area contributed by atoms with Crippen LogP contribution in [0.5, 0.6) is 0 Å². The molecule has 0 spiro atoms. The van der Waals surface area contributed by atoms with Crippen molar-refractivity contribution in [1.82, 2.24) is 4.98 Å². The number of rotatable bonds is 4. The first-order valence-corrected chi connectivity index (χ1v) is 4.21. The molecule has 0 fully saturated rings. The lowest BCUT2D eigenvalue weighted by Crippen LogP contribution is -2.13. The first kappa shape index (κ1) is 11.1. The number of pyridine rings is 1. The molecule has 0 saturated heterocycles. The number of hydrogen-bond donors (Lipinski definition) is 2. The number of carbonyl (C=O) groups is 2. The van der Waals surface area contributed by atoms with Crippen molar-refractivity contribution in [3.05, 3.63) is 24.3 Å². The molecule has 1 rings (SSSR count). The maximum atomic E-state index is 12.4. The maximum Gasteiger partial charge on any atom is 0.303 e. The van der Waals surface area contributed by atoms with Crippen LogP contribution in [0.1, 0.15) is 12.8 Å². The monoisotopic (exact) mass is 212 g/mol. The molecule has 6 heteroatoms. The van der Waals surface area contributed by atoms with Gasteiger partial charge in [0.2, 0.25) is 11.9 Å². The smallest absolute Gasteiger partial charge is 0.303 e. The molecule has 0 aliphatic rings. The molecule has 5 nitrogen and oxygen atoms in total. The summed E-state index contributed by atoms with van der Waals surface area (Å²) < 4.78 is 12.4. The molecule has 1 aromatic heterocycles. The summed E-state index contributed by atoms with van der Waals surface area (Å²) >= 11 is 0. The van der Waals surface area contributed by atoms with Crippen LogP contribution in [-0.2, 0) is 9.59 Å². The summed E-state index contributed by atoms with van der Waals surface area (Å²) in [6.07, 6.45) is 0.807. The highest BCUT2D eigenvalue weighted by atomic mass is 19.1. The molecule has 0 aliphatic carbocycles. The number of hydrogen-bond acceptors (Lipinski definition) is 3. The average molecular weight is 212 g/mol. The Labute approximate surface area is 84.9 Å². The van der Waals surface area contributed by atoms with E-state index in [1.54, 1.807) is 0 Å². The van der Waals surface area contributed by atoms with E-state index in [1.807, 2.05) is 0 Å². The van der Waals surface area contributed by atoms with Gasteiger partial charge in [-0.3, -0.25) is 9.59 Å². The fourth-order valence-electron chi connectivity index (χ4n) is 0.894. The quantitative estimate of drug-likeness (QED) is 0.730. The molecule has 0 bridgehead atoms. The fraction of sp³-hybridized carbons (Fsp3) is 0.222. The maximum absolute atomic E-state index is 12.4. The van der Waals surface area contributed by atoms with Crippen LogP contribution in [0, 0.1) is 5.95 Å². The molecule has 1 heterocycles. The lowest BCUT2D eigenvalue weighted by molar-refractivity contribution is -0.138. The number of aromatic nitrogens is 1. The Kier molecular flexibility index (Phi) is 3.73. The van der Waals surface area contributed by atoms with Gasteiger partial charge in [0, 0.05) is 6.42 Å². The van der Waals surface area contributed by atoms with E-state index in [9.17, 15) is 14.0 Å². The minimum atomic E-state index is -1.04. The third-order valence-corrected chi connectivity index (χ3v) is 1.58. The highest BCUT2D eigenvalue weighted by Gasteiger charge is 2.05. The van der Waals surface area contributed by atoms with Crippen LogP contribution in [0.4, 0.5) is 10.1 Å². The molecule has 0 saturated carbocycles. The summed E-state index contributed by atoms with van der Waals surface area (Å²) in [6, 6.07) is 2.45. The van der Waals surface area contributed by atoms with Crippen LogP contribution in [0.25, 0.3) is 0 Å². The molecule has 0 aromatic carbocycles. The Morgan fingerprint density at radius 1 is 1.40 bits per heavy atom. The Balaban J connectivity index is 2.44. The third kappa shape index (κ3) is 4.17. The minimum absolute atomic E-state index is 0.118. The van der Waals surface area contributed by atoms with Crippen LogP contribution in [-0.4, -0.2) is 22.0 Å². The van der Waals surface area contributed by atoms with E-state index in [4.69, 9.17) is 5.11 Å². The van der Waals surface area contributed by atoms with Gasteiger partial charge < -0.3 is 10.4 Å². The van der Waals surface area contributed by atoms with E-state index in [2.05, 4.69) is 10.3 Å². The molecule has 0 aliphatic heterocycles. The predicted molar refractivity (Wildman–Crippen MR) is 49.7 cm³/mol. The number of anilines is 1. The number of carbonyl (C=O) groups excluding carboxylic acids is 1. The van der Waals surface area contributed by atoms with Crippen molar-refractivity contribution in [2.45, 2.75) is 12.8 Å². The average Bonchev–Trinajstić information content (AvgIpc) is 2.19. The summed E-state index contributed by atoms with van der Waals surface area (Å²) in [6.45, 7) is 0. The van der Waals surface area contributed by atoms with Crippen molar-refractivity contribution in [2.75, 3.05) is 5.32 Å². The Morgan fingerprint density at radius 3 is 2.67 bits per heavy atom. The summed E-state index contributed by atoms with van der Waals surface area (Å²) in [5, 5.41) is 10.7. The molecule has 15 heavy (non-hydrogen) atoms. The number of nitrogens with zero attached hydrogens (tertiary/aromatic N) is 1. The third-order valence-electron chi connectivity index (χ3n) is 1.58. The summed E-state index contributed by atoms with van der Waals surface area (Å²) in [5.74, 6) is -2.12. The normalized spacial score (nSPS) is 9.67. The number of aliphatic carboxylic acids is 1. The lowest BCUT2D eigenvalue weighted by atomic mass is 10.3. The lowest BCUT2D eigenvalue weighted by Gasteiger charge is -2.02. The molecule has 2 N–H and O–H groups in total. The van der Waals surface area contributed by atoms with E-state index in [-0.39, 0.29) is 12.8 Å². The second-order valence-electron chi connectivity index (χ2n) is 2.81. The van der Waals surface area contributed by atoms with E-state index in [0.717, 1.165) is 12.3 Å². The van der Waals surface area contributed by atoms with E-state index < -0.39 is 17.8 Å². The van der Waals surface area contributed by atoms with Gasteiger partial charge in [0.25, 0.3) is 0 Å². The van der Waals surface area contributed by atoms with Crippen molar-refractivity contribution in [1.29, 1.82) is 0 Å². The number of amides is 1. The van der Waals surface area contributed by atoms with Gasteiger partial charge in [-0.25, -0.2) is 4.98 Å². The van der Waals surface area contributed by atoms with E-state index in [1.165, 1.54) is 6.07 Å². The van der Waals surface area contributed by atoms with Gasteiger partial charge in [0.15, 0.2) is 0 Å². The summed E-state index contributed by atoms with van der Waals surface area (Å²) in [5.41, 5.74) is 0.340. The largest absolute Gasteiger partial charge is 0.481 e. The van der Waals surface area contributed by atoms with Crippen LogP contribution in [0.2, 0.25) is 0 Å². The van der Waals surface area contributed by atoms with Crippen LogP contribution < -0.4 is 5.32 Å². The first-order chi connectivity index (χ1) is 7.08. The summed E-state index contributed by atoms with van der Waals surface area (Å²) in [7, 11) is 0. The van der Waals surface area contributed by atoms with E-state index >= 15 is 0 Å². The van der Waals surface area contributed by atoms with Crippen molar-refractivity contribution in [2.24, 2.45) is 0 Å². The number of carboxylic acid groups (broad SMARTS) is 1. The zero-order valence-electron chi connectivity index (χ0n) is 7.74. The van der Waals surface area contributed by atoms with Gasteiger partial charge in [0.05, 0.1) is 18.3 Å². The topological polar surface area (TPSA) is 79.3 Å². The second-order valence-corrected chi connectivity index (χ2v) is 2.81. The standard InChI is InChI=1S/C9H9FN2O3/c10-7-2-1-6(5-11-7)12-8(13)3-4-9(14)15/h1-2,5H,3-4H2,(H,12,13)(H,14,15). The highest BCUT2D eigenvalue weighted by molar-refractivity contribution is 5.92. The van der Waals surface area contributed by atoms with Crippen molar-refractivity contribution in [3.8, 4) is 0 Å². The zero-order chi connectivity index (χ0) is 11.3. The van der Waals surface area contributed by atoms with Gasteiger partial charge in [0.1, 0.15) is 0 Å². The van der Waals surface area contributed by atoms with Gasteiger partial charge in [-0.2, -0.15) is 4.39 Å². The van der Waals surface area contributed by atoms with Gasteiger partial charge in [-0.15, -0.1) is 0 Å².